The minimum Gasteiger partial charge on any atom is -0.480 e. The highest BCUT2D eigenvalue weighted by Crippen LogP contribution is 2.22. The van der Waals surface area contributed by atoms with Crippen LogP contribution in [0.3, 0.4) is 0 Å². The van der Waals surface area contributed by atoms with Gasteiger partial charge in [-0.2, -0.15) is 0 Å². The number of unbranched alkanes of at least 4 members (excludes halogenated alkanes) is 1. The van der Waals surface area contributed by atoms with Gasteiger partial charge in [0.25, 0.3) is 5.91 Å². The van der Waals surface area contributed by atoms with Crippen LogP contribution in [-0.4, -0.2) is 58.1 Å². The highest BCUT2D eigenvalue weighted by Gasteiger charge is 2.22. The van der Waals surface area contributed by atoms with Crippen LogP contribution in [0.25, 0.3) is 22.4 Å². The molecule has 34 heavy (non-hydrogen) atoms. The van der Waals surface area contributed by atoms with E-state index in [2.05, 4.69) is 20.6 Å². The molecule has 0 saturated heterocycles. The molecule has 1 atom stereocenters. The molecular weight excluding hydrogens is 440 g/mol. The first kappa shape index (κ1) is 24.2. The van der Waals surface area contributed by atoms with Gasteiger partial charge in [0.1, 0.15) is 17.7 Å². The lowest BCUT2D eigenvalue weighted by Gasteiger charge is -2.15. The Kier molecular flexibility index (Phi) is 7.80. The first-order valence-corrected chi connectivity index (χ1v) is 10.7. The van der Waals surface area contributed by atoms with Crippen LogP contribution in [0.4, 0.5) is 4.79 Å². The molecule has 7 N–H and O–H groups in total. The SMILES string of the molecule is CCCCOC(=O)N[C@@H](CNC(=O)c1ccc2nc(-c3ccc(C(=N)N)cc3)[nH]c2c1)C(=O)O. The average Bonchev–Trinajstić information content (AvgIpc) is 3.25. The molecule has 0 fully saturated rings. The van der Waals surface area contributed by atoms with E-state index in [0.717, 1.165) is 12.0 Å². The van der Waals surface area contributed by atoms with Gasteiger partial charge in [0.15, 0.2) is 0 Å². The molecule has 11 nitrogen and oxygen atoms in total. The molecule has 2 aromatic carbocycles. The fourth-order valence-electron chi connectivity index (χ4n) is 3.09. The van der Waals surface area contributed by atoms with E-state index < -0.39 is 24.0 Å². The zero-order valence-corrected chi connectivity index (χ0v) is 18.6. The van der Waals surface area contributed by atoms with Crippen LogP contribution in [0, 0.1) is 5.41 Å². The average molecular weight is 466 g/mol. The van der Waals surface area contributed by atoms with Gasteiger partial charge in [-0.15, -0.1) is 0 Å². The first-order valence-electron chi connectivity index (χ1n) is 10.7. The number of fused-ring (bicyclic) bond motifs is 1. The van der Waals surface area contributed by atoms with Crippen molar-refractivity contribution in [2.45, 2.75) is 25.8 Å². The number of rotatable bonds is 10. The number of alkyl carbamates (subject to hydrolysis) is 1. The van der Waals surface area contributed by atoms with E-state index >= 15 is 0 Å². The topological polar surface area (TPSA) is 183 Å². The molecule has 0 bridgehead atoms. The number of carboxylic acid groups (broad SMARTS) is 1. The first-order chi connectivity index (χ1) is 16.3. The number of aromatic nitrogens is 2. The normalized spacial score (nSPS) is 11.6. The molecule has 1 aromatic heterocycles. The second-order valence-electron chi connectivity index (χ2n) is 7.54. The Balaban J connectivity index is 1.66. The molecule has 3 rings (SSSR count). The lowest BCUT2D eigenvalue weighted by molar-refractivity contribution is -0.139. The van der Waals surface area contributed by atoms with Crippen molar-refractivity contribution in [1.29, 1.82) is 5.41 Å². The number of hydrogen-bond donors (Lipinski definition) is 6. The maximum Gasteiger partial charge on any atom is 0.407 e. The van der Waals surface area contributed by atoms with Gasteiger partial charge in [0.2, 0.25) is 0 Å². The number of carboxylic acids is 1. The van der Waals surface area contributed by atoms with E-state index in [1.807, 2.05) is 6.92 Å². The predicted molar refractivity (Wildman–Crippen MR) is 126 cm³/mol. The van der Waals surface area contributed by atoms with Gasteiger partial charge in [0, 0.05) is 23.2 Å². The van der Waals surface area contributed by atoms with Crippen molar-refractivity contribution in [2.24, 2.45) is 5.73 Å². The summed E-state index contributed by atoms with van der Waals surface area (Å²) in [7, 11) is 0. The van der Waals surface area contributed by atoms with Gasteiger partial charge in [-0.25, -0.2) is 14.6 Å². The summed E-state index contributed by atoms with van der Waals surface area (Å²) >= 11 is 0. The molecule has 0 aliphatic carbocycles. The number of imidazole rings is 1. The monoisotopic (exact) mass is 466 g/mol. The van der Waals surface area contributed by atoms with E-state index in [9.17, 15) is 19.5 Å². The lowest BCUT2D eigenvalue weighted by atomic mass is 10.1. The summed E-state index contributed by atoms with van der Waals surface area (Å²) in [6, 6.07) is 10.5. The van der Waals surface area contributed by atoms with E-state index in [1.165, 1.54) is 0 Å². The van der Waals surface area contributed by atoms with Crippen molar-refractivity contribution in [3.05, 3.63) is 53.6 Å². The predicted octanol–water partition coefficient (Wildman–Crippen LogP) is 2.22. The number of ether oxygens (including phenoxy) is 1. The van der Waals surface area contributed by atoms with Crippen LogP contribution in [0.5, 0.6) is 0 Å². The van der Waals surface area contributed by atoms with Gasteiger partial charge in [-0.05, 0) is 24.6 Å². The number of nitrogens with zero attached hydrogens (tertiary/aromatic N) is 1. The summed E-state index contributed by atoms with van der Waals surface area (Å²) in [5.74, 6) is -1.24. The number of nitrogens with two attached hydrogens (primary N) is 1. The second-order valence-corrected chi connectivity index (χ2v) is 7.54. The highest BCUT2D eigenvalue weighted by molar-refractivity contribution is 5.98. The molecular formula is C23H26N6O5. The molecule has 0 aliphatic rings. The molecule has 0 radical (unpaired) electrons. The Bertz CT molecular complexity index is 1200. The highest BCUT2D eigenvalue weighted by atomic mass is 16.5. The van der Waals surface area contributed by atoms with Crippen molar-refractivity contribution in [3.8, 4) is 11.4 Å². The Morgan fingerprint density at radius 1 is 1.18 bits per heavy atom. The number of aliphatic carboxylic acids is 1. The number of benzene rings is 2. The van der Waals surface area contributed by atoms with Crippen LogP contribution >= 0.6 is 0 Å². The zero-order valence-electron chi connectivity index (χ0n) is 18.6. The van der Waals surface area contributed by atoms with E-state index in [1.54, 1.807) is 42.5 Å². The van der Waals surface area contributed by atoms with Crippen molar-refractivity contribution in [1.82, 2.24) is 20.6 Å². The third-order valence-electron chi connectivity index (χ3n) is 5.00. The van der Waals surface area contributed by atoms with Crippen LogP contribution in [0.15, 0.2) is 42.5 Å². The Morgan fingerprint density at radius 3 is 2.53 bits per heavy atom. The summed E-state index contributed by atoms with van der Waals surface area (Å²) in [4.78, 5) is 43.4. The number of carbonyl (C=O) groups excluding carboxylic acids is 2. The number of amides is 2. The van der Waals surface area contributed by atoms with Crippen LogP contribution in [-0.2, 0) is 9.53 Å². The Labute approximate surface area is 195 Å². The van der Waals surface area contributed by atoms with Gasteiger partial charge < -0.3 is 31.2 Å². The summed E-state index contributed by atoms with van der Waals surface area (Å²) in [6.45, 7) is 1.81. The van der Waals surface area contributed by atoms with E-state index in [0.29, 0.717) is 34.4 Å². The number of hydrogen-bond acceptors (Lipinski definition) is 6. The smallest absolute Gasteiger partial charge is 0.407 e. The van der Waals surface area contributed by atoms with Gasteiger partial charge in [-0.1, -0.05) is 37.6 Å². The largest absolute Gasteiger partial charge is 0.480 e. The summed E-state index contributed by atoms with van der Waals surface area (Å²) in [6.07, 6.45) is 0.654. The molecule has 178 valence electrons. The van der Waals surface area contributed by atoms with Crippen molar-refractivity contribution in [2.75, 3.05) is 13.2 Å². The van der Waals surface area contributed by atoms with Crippen LogP contribution in [0.2, 0.25) is 0 Å². The summed E-state index contributed by atoms with van der Waals surface area (Å²) < 4.78 is 4.91. The van der Waals surface area contributed by atoms with Crippen LogP contribution in [0.1, 0.15) is 35.7 Å². The third kappa shape index (κ3) is 6.09. The molecule has 3 aromatic rings. The fraction of sp³-hybridized carbons (Fsp3) is 0.261. The molecule has 11 heteroatoms. The minimum atomic E-state index is -1.33. The number of carbonyl (C=O) groups is 3. The number of H-pyrrole nitrogens is 1. The molecule has 0 unspecified atom stereocenters. The number of aromatic amines is 1. The second kappa shape index (κ2) is 10.9. The summed E-state index contributed by atoms with van der Waals surface area (Å²) in [5, 5.41) is 21.5. The number of nitrogens with one attached hydrogen (secondary N) is 4. The molecule has 0 aliphatic heterocycles. The van der Waals surface area contributed by atoms with E-state index in [-0.39, 0.29) is 19.0 Å². The third-order valence-corrected chi connectivity index (χ3v) is 5.00. The van der Waals surface area contributed by atoms with Gasteiger partial charge in [-0.3, -0.25) is 10.2 Å². The number of amidine groups is 1. The summed E-state index contributed by atoms with van der Waals surface area (Å²) in [5.41, 5.74) is 8.42. The Hall–Kier alpha value is -4.41. The van der Waals surface area contributed by atoms with Gasteiger partial charge >= 0.3 is 12.1 Å². The zero-order chi connectivity index (χ0) is 24.7. The maximum absolute atomic E-state index is 12.6. The van der Waals surface area contributed by atoms with Crippen molar-refractivity contribution < 1.29 is 24.2 Å². The standard InChI is InChI=1S/C23H26N6O5/c1-2-3-10-34-23(33)29-18(22(31)32)12-26-21(30)15-8-9-16-17(11-15)28-20(27-16)14-6-4-13(5-7-14)19(24)25/h4-9,11,18H,2-3,10,12H2,1H3,(H3,24,25)(H,26,30)(H,27,28)(H,29,33)(H,31,32)/t18-/m0/s1. The van der Waals surface area contributed by atoms with Gasteiger partial charge in [0.05, 0.1) is 17.6 Å². The lowest BCUT2D eigenvalue weighted by Crippen LogP contribution is -2.48. The molecule has 2 amide bonds. The quantitative estimate of drug-likeness (QED) is 0.150. The molecule has 0 spiro atoms. The molecule has 1 heterocycles. The minimum absolute atomic E-state index is 0.0273. The number of nitrogen functional groups attached to an aromatic ring is 1. The maximum atomic E-state index is 12.6. The van der Waals surface area contributed by atoms with Crippen molar-refractivity contribution in [3.63, 3.8) is 0 Å². The van der Waals surface area contributed by atoms with Crippen molar-refractivity contribution >= 4 is 34.8 Å². The Morgan fingerprint density at radius 2 is 1.88 bits per heavy atom. The fourth-order valence-corrected chi connectivity index (χ4v) is 3.09. The van der Waals surface area contributed by atoms with Crippen LogP contribution < -0.4 is 16.4 Å². The molecule has 0 saturated carbocycles. The van der Waals surface area contributed by atoms with E-state index in [4.69, 9.17) is 15.9 Å².